The molecule has 2 aromatic rings. The van der Waals surface area contributed by atoms with E-state index in [9.17, 15) is 45.8 Å². The summed E-state index contributed by atoms with van der Waals surface area (Å²) in [5.74, 6) is -6.65. The molecule has 0 saturated carbocycles. The van der Waals surface area contributed by atoms with Crippen molar-refractivity contribution in [3.05, 3.63) is 62.8 Å². The zero-order valence-electron chi connectivity index (χ0n) is 21.2. The molecule has 0 radical (unpaired) electrons. The SMILES string of the molecule is C/C(CC(F)(F)F)=N\OC1CCC(C)N2CC1n1cc(C(=O)NCc3c(F)cc(F)cc3F)c(=O)c(O)c1C2=O. The van der Waals surface area contributed by atoms with E-state index in [2.05, 4.69) is 10.5 Å². The van der Waals surface area contributed by atoms with Crippen LogP contribution >= 0.6 is 0 Å². The van der Waals surface area contributed by atoms with Crippen LogP contribution in [0.1, 0.15) is 65.6 Å². The zero-order chi connectivity index (χ0) is 29.5. The number of halogens is 6. The van der Waals surface area contributed by atoms with Crippen LogP contribution in [0.25, 0.3) is 0 Å². The first kappa shape index (κ1) is 29.0. The molecule has 15 heteroatoms. The quantitative estimate of drug-likeness (QED) is 0.310. The zero-order valence-corrected chi connectivity index (χ0v) is 21.2. The van der Waals surface area contributed by atoms with Crippen molar-refractivity contribution < 1.29 is 45.9 Å². The van der Waals surface area contributed by atoms with Crippen LogP contribution in [0.5, 0.6) is 5.75 Å². The highest BCUT2D eigenvalue weighted by Crippen LogP contribution is 2.36. The van der Waals surface area contributed by atoms with Crippen LogP contribution in [-0.2, 0) is 11.4 Å². The molecule has 1 aromatic carbocycles. The number of rotatable bonds is 6. The van der Waals surface area contributed by atoms with E-state index < -0.39 is 88.6 Å². The molecule has 2 bridgehead atoms. The summed E-state index contributed by atoms with van der Waals surface area (Å²) in [4.78, 5) is 45.8. The molecule has 0 aliphatic carbocycles. The molecule has 216 valence electrons. The van der Waals surface area contributed by atoms with Crippen molar-refractivity contribution >= 4 is 17.5 Å². The number of oxime groups is 1. The molecule has 0 spiro atoms. The molecule has 3 heterocycles. The van der Waals surface area contributed by atoms with E-state index in [-0.39, 0.29) is 24.7 Å². The number of carbonyl (C=O) groups excluding carboxylic acids is 2. The average Bonchev–Trinajstić information content (AvgIpc) is 2.98. The lowest BCUT2D eigenvalue weighted by molar-refractivity contribution is -0.122. The van der Waals surface area contributed by atoms with Gasteiger partial charge in [0.15, 0.2) is 11.4 Å². The van der Waals surface area contributed by atoms with Gasteiger partial charge in [-0.2, -0.15) is 13.2 Å². The molecule has 2 amide bonds. The number of aromatic nitrogens is 1. The molecule has 40 heavy (non-hydrogen) atoms. The molecule has 4 rings (SSSR count). The minimum Gasteiger partial charge on any atom is -0.503 e. The second-order valence-electron chi connectivity index (χ2n) is 9.72. The molecular weight excluding hydrogens is 550 g/mol. The fourth-order valence-electron chi connectivity index (χ4n) is 4.80. The number of benzene rings is 1. The van der Waals surface area contributed by atoms with Gasteiger partial charge in [-0.1, -0.05) is 5.16 Å². The third-order valence-electron chi connectivity index (χ3n) is 6.82. The smallest absolute Gasteiger partial charge is 0.394 e. The number of amides is 2. The highest BCUT2D eigenvalue weighted by molar-refractivity contribution is 5.99. The van der Waals surface area contributed by atoms with E-state index in [1.165, 1.54) is 4.90 Å². The van der Waals surface area contributed by atoms with Gasteiger partial charge in [0, 0.05) is 43.0 Å². The van der Waals surface area contributed by atoms with Crippen LogP contribution in [0.2, 0.25) is 0 Å². The minimum atomic E-state index is -4.51. The Morgan fingerprint density at radius 2 is 1.82 bits per heavy atom. The summed E-state index contributed by atoms with van der Waals surface area (Å²) >= 11 is 0. The maximum Gasteiger partial charge on any atom is 0.394 e. The third kappa shape index (κ3) is 5.77. The average molecular weight is 574 g/mol. The van der Waals surface area contributed by atoms with E-state index in [1.54, 1.807) is 6.92 Å². The number of alkyl halides is 3. The number of nitrogens with zero attached hydrogens (tertiary/aromatic N) is 3. The van der Waals surface area contributed by atoms with Crippen molar-refractivity contribution in [2.24, 2.45) is 5.16 Å². The van der Waals surface area contributed by atoms with Crippen LogP contribution in [0.15, 0.2) is 28.3 Å². The summed E-state index contributed by atoms with van der Waals surface area (Å²) in [6.45, 7) is 2.05. The van der Waals surface area contributed by atoms with Gasteiger partial charge < -0.3 is 24.7 Å². The van der Waals surface area contributed by atoms with E-state index in [0.717, 1.165) is 17.7 Å². The molecule has 3 atom stereocenters. The van der Waals surface area contributed by atoms with Crippen molar-refractivity contribution in [2.45, 2.75) is 64.0 Å². The summed E-state index contributed by atoms with van der Waals surface area (Å²) in [6, 6.07) is -0.429. The van der Waals surface area contributed by atoms with Crippen LogP contribution < -0.4 is 10.7 Å². The van der Waals surface area contributed by atoms with Gasteiger partial charge in [0.25, 0.3) is 11.8 Å². The van der Waals surface area contributed by atoms with Gasteiger partial charge in [0.2, 0.25) is 5.43 Å². The molecule has 1 fully saturated rings. The molecule has 1 aromatic heterocycles. The van der Waals surface area contributed by atoms with E-state index >= 15 is 0 Å². The monoisotopic (exact) mass is 574 g/mol. The largest absolute Gasteiger partial charge is 0.503 e. The Hall–Kier alpha value is -4.04. The highest BCUT2D eigenvalue weighted by Gasteiger charge is 2.43. The van der Waals surface area contributed by atoms with Gasteiger partial charge in [0.1, 0.15) is 29.1 Å². The summed E-state index contributed by atoms with van der Waals surface area (Å²) in [6.07, 6.45) is -5.17. The van der Waals surface area contributed by atoms with Gasteiger partial charge in [-0.05, 0) is 26.7 Å². The first-order chi connectivity index (χ1) is 18.7. The topological polar surface area (TPSA) is 113 Å². The first-order valence-corrected chi connectivity index (χ1v) is 12.1. The summed E-state index contributed by atoms with van der Waals surface area (Å²) < 4.78 is 80.5. The number of carbonyl (C=O) groups is 2. The maximum atomic E-state index is 14.0. The van der Waals surface area contributed by atoms with Gasteiger partial charge in [-0.15, -0.1) is 0 Å². The Morgan fingerprint density at radius 3 is 2.45 bits per heavy atom. The Labute approximate surface area is 223 Å². The fraction of sp³-hybridized carbons (Fsp3) is 0.440. The second-order valence-corrected chi connectivity index (χ2v) is 9.72. The molecule has 2 aliphatic rings. The van der Waals surface area contributed by atoms with Gasteiger partial charge >= 0.3 is 6.18 Å². The standard InChI is InChI=1S/C25H24F6N4O5/c1-11(7-25(29,30)31)33-40-19-4-3-12(2)34-10-18(19)35-9-15(21(36)22(37)20(35)24(34)39)23(38)32-8-14-16(27)5-13(26)6-17(14)28/h5-6,9,12,18-19,37H,3-4,7-8,10H2,1-2H3,(H,32,38)/b33-11+. The van der Waals surface area contributed by atoms with Crippen LogP contribution in [0, 0.1) is 17.5 Å². The van der Waals surface area contributed by atoms with E-state index in [0.29, 0.717) is 18.6 Å². The summed E-state index contributed by atoms with van der Waals surface area (Å²) in [7, 11) is 0. The lowest BCUT2D eigenvalue weighted by Gasteiger charge is -2.38. The van der Waals surface area contributed by atoms with Crippen molar-refractivity contribution in [1.82, 2.24) is 14.8 Å². The molecule has 3 unspecified atom stereocenters. The van der Waals surface area contributed by atoms with Crippen molar-refractivity contribution in [3.63, 3.8) is 0 Å². The lowest BCUT2D eigenvalue weighted by Crippen LogP contribution is -2.49. The normalized spacial score (nSPS) is 21.1. The van der Waals surface area contributed by atoms with Crippen LogP contribution in [-0.4, -0.2) is 57.0 Å². The Bertz CT molecular complexity index is 1420. The Kier molecular flexibility index (Phi) is 7.85. The molecule has 2 aliphatic heterocycles. The van der Waals surface area contributed by atoms with Gasteiger partial charge in [-0.3, -0.25) is 14.4 Å². The van der Waals surface area contributed by atoms with E-state index in [4.69, 9.17) is 4.84 Å². The Morgan fingerprint density at radius 1 is 1.18 bits per heavy atom. The predicted molar refractivity (Wildman–Crippen MR) is 127 cm³/mol. The van der Waals surface area contributed by atoms with Gasteiger partial charge in [-0.25, -0.2) is 13.2 Å². The minimum absolute atomic E-state index is 0.0269. The summed E-state index contributed by atoms with van der Waals surface area (Å²) in [5.41, 5.74) is -3.40. The number of fused-ring (bicyclic) bond motifs is 4. The van der Waals surface area contributed by atoms with E-state index in [1.807, 2.05) is 0 Å². The first-order valence-electron chi connectivity index (χ1n) is 12.1. The third-order valence-corrected chi connectivity index (χ3v) is 6.82. The number of aromatic hydroxyl groups is 1. The molecule has 2 N–H and O–H groups in total. The second kappa shape index (κ2) is 10.8. The maximum absolute atomic E-state index is 14.0. The molecule has 9 nitrogen and oxygen atoms in total. The predicted octanol–water partition coefficient (Wildman–Crippen LogP) is 3.79. The molecule has 1 saturated heterocycles. The van der Waals surface area contributed by atoms with Crippen LogP contribution in [0.4, 0.5) is 26.3 Å². The number of pyridine rings is 1. The van der Waals surface area contributed by atoms with Crippen molar-refractivity contribution in [2.75, 3.05) is 6.54 Å². The Balaban J connectivity index is 1.69. The number of hydrogen-bond donors (Lipinski definition) is 2. The van der Waals surface area contributed by atoms with Crippen molar-refractivity contribution in [3.8, 4) is 5.75 Å². The number of nitrogens with one attached hydrogen (secondary N) is 1. The molecular formula is C25H24F6N4O5. The number of hydrogen-bond acceptors (Lipinski definition) is 6. The van der Waals surface area contributed by atoms with Crippen molar-refractivity contribution in [1.29, 1.82) is 0 Å². The summed E-state index contributed by atoms with van der Waals surface area (Å²) in [5, 5.41) is 16.4. The fourth-order valence-corrected chi connectivity index (χ4v) is 4.80. The highest BCUT2D eigenvalue weighted by atomic mass is 19.4. The van der Waals surface area contributed by atoms with Crippen LogP contribution in [0.3, 0.4) is 0 Å². The van der Waals surface area contributed by atoms with Gasteiger partial charge in [0.05, 0.1) is 18.2 Å². The lowest BCUT2D eigenvalue weighted by atomic mass is 10.0.